The van der Waals surface area contributed by atoms with Crippen LogP contribution in [0.1, 0.15) is 37.3 Å². The van der Waals surface area contributed by atoms with Crippen LogP contribution in [0.4, 0.5) is 5.69 Å². The summed E-state index contributed by atoms with van der Waals surface area (Å²) in [6, 6.07) is 18.8. The number of guanidine groups is 1. The van der Waals surface area contributed by atoms with E-state index in [0.29, 0.717) is 25.6 Å². The van der Waals surface area contributed by atoms with Crippen LogP contribution in [0.5, 0.6) is 0 Å². The highest BCUT2D eigenvalue weighted by atomic mass is 16.1. The molecule has 2 aromatic carbocycles. The summed E-state index contributed by atoms with van der Waals surface area (Å²) in [5.41, 5.74) is 3.39. The van der Waals surface area contributed by atoms with Crippen molar-refractivity contribution in [2.24, 2.45) is 4.99 Å². The van der Waals surface area contributed by atoms with E-state index in [0.717, 1.165) is 24.7 Å². The van der Waals surface area contributed by atoms with Crippen LogP contribution in [-0.2, 0) is 11.3 Å². The van der Waals surface area contributed by atoms with Crippen LogP contribution >= 0.6 is 0 Å². The summed E-state index contributed by atoms with van der Waals surface area (Å²) in [5, 5.41) is 9.71. The Morgan fingerprint density at radius 1 is 1.17 bits per heavy atom. The van der Waals surface area contributed by atoms with E-state index in [-0.39, 0.29) is 11.8 Å². The lowest BCUT2D eigenvalue weighted by Crippen LogP contribution is -2.41. The maximum absolute atomic E-state index is 12.1. The van der Waals surface area contributed by atoms with Gasteiger partial charge in [0.05, 0.1) is 6.54 Å². The van der Waals surface area contributed by atoms with Crippen LogP contribution in [0.2, 0.25) is 0 Å². The van der Waals surface area contributed by atoms with Crippen LogP contribution < -0.4 is 16.0 Å². The molecule has 30 heavy (non-hydrogen) atoms. The fraction of sp³-hybridized carbons (Fsp3) is 0.417. The number of fused-ring (bicyclic) bond motifs is 1. The highest BCUT2D eigenvalue weighted by molar-refractivity contribution is 5.94. The summed E-state index contributed by atoms with van der Waals surface area (Å²) in [6.07, 6.45) is 0.486. The first-order valence-corrected chi connectivity index (χ1v) is 10.7. The molecule has 0 saturated heterocycles. The molecule has 6 heteroatoms. The first-order valence-electron chi connectivity index (χ1n) is 10.7. The van der Waals surface area contributed by atoms with Gasteiger partial charge in [0.25, 0.3) is 0 Å². The molecule has 0 aromatic heterocycles. The third-order valence-corrected chi connectivity index (χ3v) is 5.51. The summed E-state index contributed by atoms with van der Waals surface area (Å²) in [5.74, 6) is 0.997. The molecule has 1 aliphatic rings. The zero-order valence-electron chi connectivity index (χ0n) is 18.2. The number of nitrogens with one attached hydrogen (secondary N) is 3. The van der Waals surface area contributed by atoms with Gasteiger partial charge in [-0.2, -0.15) is 0 Å². The molecule has 3 rings (SSSR count). The standard InChI is InChI=1S/C24H33N5O/c1-4-25-24(26-15-18(2)29(3)17-19-10-6-5-7-11-19)27-16-20-14-23(30)28-22-13-9-8-12-21(20)22/h5-13,18,20H,4,14-17H2,1-3H3,(H,28,30)(H2,25,26,27). The van der Waals surface area contributed by atoms with Crippen molar-refractivity contribution in [1.82, 2.24) is 15.5 Å². The maximum atomic E-state index is 12.1. The molecule has 0 spiro atoms. The van der Waals surface area contributed by atoms with Gasteiger partial charge in [-0.25, -0.2) is 0 Å². The van der Waals surface area contributed by atoms with Gasteiger partial charge in [-0.05, 0) is 38.1 Å². The van der Waals surface area contributed by atoms with E-state index >= 15 is 0 Å². The van der Waals surface area contributed by atoms with Crippen molar-refractivity contribution in [3.05, 3.63) is 65.7 Å². The second kappa shape index (κ2) is 10.8. The summed E-state index contributed by atoms with van der Waals surface area (Å²) in [7, 11) is 2.13. The summed E-state index contributed by atoms with van der Waals surface area (Å²) < 4.78 is 0. The molecule has 3 N–H and O–H groups in total. The monoisotopic (exact) mass is 407 g/mol. The SMILES string of the molecule is CCNC(=NCC(C)N(C)Cc1ccccc1)NCC1CC(=O)Nc2ccccc21. The number of rotatable bonds is 8. The van der Waals surface area contributed by atoms with Gasteiger partial charge in [0.15, 0.2) is 5.96 Å². The second-order valence-electron chi connectivity index (χ2n) is 7.89. The number of amides is 1. The van der Waals surface area contributed by atoms with E-state index < -0.39 is 0 Å². The van der Waals surface area contributed by atoms with Gasteiger partial charge >= 0.3 is 0 Å². The lowest BCUT2D eigenvalue weighted by molar-refractivity contribution is -0.116. The number of carbonyl (C=O) groups is 1. The number of hydrogen-bond donors (Lipinski definition) is 3. The Hall–Kier alpha value is -2.86. The zero-order valence-corrected chi connectivity index (χ0v) is 18.2. The summed E-state index contributed by atoms with van der Waals surface area (Å²) >= 11 is 0. The molecule has 0 fully saturated rings. The molecule has 2 atom stereocenters. The van der Waals surface area contributed by atoms with E-state index in [1.165, 1.54) is 11.1 Å². The molecule has 0 radical (unpaired) electrons. The summed E-state index contributed by atoms with van der Waals surface area (Å²) in [4.78, 5) is 19.2. The number of carbonyl (C=O) groups excluding carboxylic acids is 1. The fourth-order valence-corrected chi connectivity index (χ4v) is 3.64. The van der Waals surface area contributed by atoms with Crippen LogP contribution in [-0.4, -0.2) is 49.5 Å². The Kier molecular flexibility index (Phi) is 7.85. The molecular formula is C24H33N5O. The topological polar surface area (TPSA) is 68.8 Å². The van der Waals surface area contributed by atoms with Gasteiger partial charge in [0, 0.05) is 43.7 Å². The molecule has 2 unspecified atom stereocenters. The fourth-order valence-electron chi connectivity index (χ4n) is 3.64. The molecule has 1 amide bonds. The lowest BCUT2D eigenvalue weighted by Gasteiger charge is -2.27. The van der Waals surface area contributed by atoms with Crippen molar-refractivity contribution in [2.75, 3.05) is 32.0 Å². The number of likely N-dealkylation sites (N-methyl/N-ethyl adjacent to an activating group) is 1. The molecule has 0 aliphatic carbocycles. The van der Waals surface area contributed by atoms with E-state index in [1.54, 1.807) is 0 Å². The van der Waals surface area contributed by atoms with Crippen LogP contribution in [0.25, 0.3) is 0 Å². The Morgan fingerprint density at radius 2 is 1.90 bits per heavy atom. The van der Waals surface area contributed by atoms with Gasteiger partial charge < -0.3 is 16.0 Å². The predicted octanol–water partition coefficient (Wildman–Crippen LogP) is 3.19. The molecule has 2 aromatic rings. The minimum Gasteiger partial charge on any atom is -0.357 e. The van der Waals surface area contributed by atoms with Crippen molar-refractivity contribution in [1.29, 1.82) is 0 Å². The quantitative estimate of drug-likeness (QED) is 0.464. The molecule has 1 heterocycles. The first-order chi connectivity index (χ1) is 14.6. The highest BCUT2D eigenvalue weighted by Gasteiger charge is 2.24. The normalized spacial score (nSPS) is 17.3. The molecule has 1 aliphatic heterocycles. The number of nitrogens with zero attached hydrogens (tertiary/aromatic N) is 2. The largest absolute Gasteiger partial charge is 0.357 e. The molecule has 160 valence electrons. The zero-order chi connectivity index (χ0) is 21.3. The minimum atomic E-state index is 0.0681. The van der Waals surface area contributed by atoms with Crippen LogP contribution in [0.3, 0.4) is 0 Å². The number of anilines is 1. The predicted molar refractivity (Wildman–Crippen MR) is 124 cm³/mol. The van der Waals surface area contributed by atoms with Crippen molar-refractivity contribution < 1.29 is 4.79 Å². The van der Waals surface area contributed by atoms with Gasteiger partial charge in [0.2, 0.25) is 5.91 Å². The van der Waals surface area contributed by atoms with E-state index in [4.69, 9.17) is 4.99 Å². The number of benzene rings is 2. The molecule has 0 saturated carbocycles. The first kappa shape index (κ1) is 21.8. The smallest absolute Gasteiger partial charge is 0.225 e. The van der Waals surface area contributed by atoms with Gasteiger partial charge in [-0.15, -0.1) is 0 Å². The third kappa shape index (κ3) is 6.07. The Balaban J connectivity index is 1.57. The van der Waals surface area contributed by atoms with Crippen molar-refractivity contribution in [3.63, 3.8) is 0 Å². The third-order valence-electron chi connectivity index (χ3n) is 5.51. The van der Waals surface area contributed by atoms with E-state index in [2.05, 4.69) is 72.1 Å². The van der Waals surface area contributed by atoms with Crippen LogP contribution in [0.15, 0.2) is 59.6 Å². The van der Waals surface area contributed by atoms with Gasteiger partial charge in [-0.3, -0.25) is 14.7 Å². The van der Waals surface area contributed by atoms with Crippen molar-refractivity contribution >= 4 is 17.6 Å². The average molecular weight is 408 g/mol. The summed E-state index contributed by atoms with van der Waals surface area (Å²) in [6.45, 7) is 7.31. The Bertz CT molecular complexity index is 852. The van der Waals surface area contributed by atoms with Crippen LogP contribution in [0, 0.1) is 0 Å². The number of para-hydroxylation sites is 1. The average Bonchev–Trinajstić information content (AvgIpc) is 2.75. The minimum absolute atomic E-state index is 0.0681. The lowest BCUT2D eigenvalue weighted by atomic mass is 9.90. The van der Waals surface area contributed by atoms with Gasteiger partial charge in [0.1, 0.15) is 0 Å². The number of hydrogen-bond acceptors (Lipinski definition) is 3. The molecule has 6 nitrogen and oxygen atoms in total. The van der Waals surface area contributed by atoms with E-state index in [9.17, 15) is 4.79 Å². The van der Waals surface area contributed by atoms with E-state index in [1.807, 2.05) is 24.3 Å². The molecule has 0 bridgehead atoms. The second-order valence-corrected chi connectivity index (χ2v) is 7.89. The van der Waals surface area contributed by atoms with Crippen molar-refractivity contribution in [3.8, 4) is 0 Å². The maximum Gasteiger partial charge on any atom is 0.225 e. The Morgan fingerprint density at radius 3 is 2.67 bits per heavy atom. The Labute approximate surface area is 179 Å². The number of aliphatic imine (C=N–C) groups is 1. The highest BCUT2D eigenvalue weighted by Crippen LogP contribution is 2.31. The molecular weight excluding hydrogens is 374 g/mol. The van der Waals surface area contributed by atoms with Crippen molar-refractivity contribution in [2.45, 2.75) is 38.8 Å². The van der Waals surface area contributed by atoms with Gasteiger partial charge in [-0.1, -0.05) is 48.5 Å².